The van der Waals surface area contributed by atoms with Crippen molar-refractivity contribution in [1.82, 2.24) is 14.9 Å². The van der Waals surface area contributed by atoms with Crippen molar-refractivity contribution in [2.24, 2.45) is 0 Å². The molecule has 1 heterocycles. The summed E-state index contributed by atoms with van der Waals surface area (Å²) in [6.45, 7) is -6.55. The molecule has 222 valence electrons. The molecule has 1 fully saturated rings. The second-order valence-corrected chi connectivity index (χ2v) is 10.9. The molecule has 9 nitrogen and oxygen atoms in total. The molecule has 3 atom stereocenters. The van der Waals surface area contributed by atoms with Crippen molar-refractivity contribution in [3.63, 3.8) is 0 Å². The summed E-state index contributed by atoms with van der Waals surface area (Å²) in [5.74, 6) is -2.00. The normalized spacial score (nSPS) is 22.0. The number of nitrogens with zero attached hydrogens (tertiary/aromatic N) is 3. The zero-order chi connectivity index (χ0) is 35.4. The predicted molar refractivity (Wildman–Crippen MR) is 146 cm³/mol. The number of carbonyl (C=O) groups is 1. The van der Waals surface area contributed by atoms with Crippen molar-refractivity contribution in [3.8, 4) is 0 Å². The van der Waals surface area contributed by atoms with Gasteiger partial charge in [0.25, 0.3) is 16.5 Å². The topological polar surface area (TPSA) is 125 Å². The van der Waals surface area contributed by atoms with Crippen LogP contribution < -0.4 is 10.0 Å². The second-order valence-electron chi connectivity index (χ2n) is 8.89. The monoisotopic (exact) mass is 623 g/mol. The Bertz CT molecular complexity index is 1640. The van der Waals surface area contributed by atoms with Crippen LogP contribution in [0.4, 0.5) is 29.1 Å². The lowest BCUT2D eigenvalue weighted by atomic mass is 9.78. The first kappa shape index (κ1) is 24.1. The zero-order valence-corrected chi connectivity index (χ0v) is 22.5. The fraction of sp³-hybridized carbons (Fsp3) is 0.346. The number of hydrogen-bond acceptors (Lipinski definition) is 7. The third kappa shape index (κ3) is 8.27. The van der Waals surface area contributed by atoms with Crippen LogP contribution in [0.15, 0.2) is 59.9 Å². The molecule has 0 spiro atoms. The van der Waals surface area contributed by atoms with Crippen LogP contribution in [0, 0.1) is 5.82 Å². The molecule has 3 aromatic rings. The van der Waals surface area contributed by atoms with Crippen LogP contribution in [-0.2, 0) is 21.0 Å². The Kier molecular flexibility index (Phi) is 7.92. The van der Waals surface area contributed by atoms with Gasteiger partial charge in [0.2, 0.25) is 0 Å². The van der Waals surface area contributed by atoms with Gasteiger partial charge in [-0.1, -0.05) is 29.8 Å². The van der Waals surface area contributed by atoms with E-state index in [9.17, 15) is 21.6 Å². The Morgan fingerprint density at radius 3 is 2.56 bits per heavy atom. The second kappa shape index (κ2) is 13.4. The fourth-order valence-electron chi connectivity index (χ4n) is 4.46. The SMILES string of the molecule is O=CO.[2H]C([2H])([2H])N([C@H]1C[C@@H](c2cccc(C(F)(F)F)c2)CC[C@@H]1Nc1cc(F)c(S(=O)(=O)Nc2ccncn2)cc1Cl)C([2H])([2H])[2H]. The van der Waals surface area contributed by atoms with Gasteiger partial charge in [0.15, 0.2) is 0 Å². The lowest BCUT2D eigenvalue weighted by Crippen LogP contribution is -2.47. The molecular weight excluding hydrogens is 590 g/mol. The van der Waals surface area contributed by atoms with Crippen LogP contribution in [0.5, 0.6) is 0 Å². The molecule has 0 bridgehead atoms. The zero-order valence-electron chi connectivity index (χ0n) is 26.9. The molecule has 41 heavy (non-hydrogen) atoms. The summed E-state index contributed by atoms with van der Waals surface area (Å²) < 4.78 is 131. The average Bonchev–Trinajstić information content (AvgIpc) is 2.94. The summed E-state index contributed by atoms with van der Waals surface area (Å²) in [4.78, 5) is 15.3. The van der Waals surface area contributed by atoms with E-state index in [4.69, 9.17) is 29.7 Å². The molecule has 0 amide bonds. The third-order valence-electron chi connectivity index (χ3n) is 6.31. The highest BCUT2D eigenvalue weighted by atomic mass is 35.5. The van der Waals surface area contributed by atoms with E-state index in [1.165, 1.54) is 24.4 Å². The first-order valence-electron chi connectivity index (χ1n) is 14.8. The molecule has 15 heteroatoms. The number of alkyl halides is 3. The van der Waals surface area contributed by atoms with Crippen LogP contribution >= 0.6 is 11.6 Å². The average molecular weight is 624 g/mol. The molecular formula is C26H28ClF4N5O4S. The number of sulfonamides is 1. The minimum Gasteiger partial charge on any atom is -0.483 e. The molecule has 4 rings (SSSR count). The molecule has 0 saturated heterocycles. The van der Waals surface area contributed by atoms with Gasteiger partial charge < -0.3 is 15.3 Å². The lowest BCUT2D eigenvalue weighted by molar-refractivity contribution is -0.137. The van der Waals surface area contributed by atoms with Gasteiger partial charge in [-0.3, -0.25) is 9.52 Å². The molecule has 2 aromatic carbocycles. The first-order valence-corrected chi connectivity index (χ1v) is 13.6. The van der Waals surface area contributed by atoms with Crippen LogP contribution in [0.25, 0.3) is 0 Å². The van der Waals surface area contributed by atoms with Gasteiger partial charge in [-0.25, -0.2) is 22.8 Å². The van der Waals surface area contributed by atoms with E-state index in [2.05, 4.69) is 20.0 Å². The molecule has 1 saturated carbocycles. The molecule has 0 aliphatic heterocycles. The first-order chi connectivity index (χ1) is 21.7. The van der Waals surface area contributed by atoms with Gasteiger partial charge >= 0.3 is 6.18 Å². The number of benzene rings is 2. The highest BCUT2D eigenvalue weighted by Crippen LogP contribution is 2.39. The third-order valence-corrected chi connectivity index (χ3v) is 7.99. The fourth-order valence-corrected chi connectivity index (χ4v) is 5.84. The molecule has 1 aromatic heterocycles. The molecule has 0 radical (unpaired) electrons. The van der Waals surface area contributed by atoms with Crippen molar-refractivity contribution in [3.05, 3.63) is 77.0 Å². The summed E-state index contributed by atoms with van der Waals surface area (Å²) in [5.41, 5.74) is -0.787. The van der Waals surface area contributed by atoms with E-state index in [1.54, 1.807) is 0 Å². The van der Waals surface area contributed by atoms with Gasteiger partial charge in [-0.05, 0) is 69.0 Å². The van der Waals surface area contributed by atoms with Gasteiger partial charge in [0.05, 0.1) is 16.3 Å². The summed E-state index contributed by atoms with van der Waals surface area (Å²) in [7, 11) is -4.50. The van der Waals surface area contributed by atoms with E-state index >= 15 is 4.39 Å². The number of hydrogen-bond donors (Lipinski definition) is 3. The predicted octanol–water partition coefficient (Wildman–Crippen LogP) is 5.47. The Labute approximate surface area is 248 Å². The van der Waals surface area contributed by atoms with Crippen LogP contribution in [0.3, 0.4) is 0 Å². The van der Waals surface area contributed by atoms with E-state index in [1.807, 2.05) is 0 Å². The van der Waals surface area contributed by atoms with E-state index in [-0.39, 0.29) is 47.8 Å². The highest BCUT2D eigenvalue weighted by Gasteiger charge is 2.35. The van der Waals surface area contributed by atoms with Crippen molar-refractivity contribution >= 4 is 39.6 Å². The van der Waals surface area contributed by atoms with Crippen molar-refractivity contribution < 1.29 is 44.1 Å². The number of carboxylic acid groups (broad SMARTS) is 1. The Morgan fingerprint density at radius 1 is 1.20 bits per heavy atom. The van der Waals surface area contributed by atoms with E-state index < -0.39 is 64.4 Å². The summed E-state index contributed by atoms with van der Waals surface area (Å²) in [6.07, 6.45) is -2.18. The van der Waals surface area contributed by atoms with Crippen LogP contribution in [-0.4, -0.2) is 60.9 Å². The largest absolute Gasteiger partial charge is 0.483 e. The van der Waals surface area contributed by atoms with Gasteiger partial charge in [0, 0.05) is 26.5 Å². The minimum absolute atomic E-state index is 0.0570. The van der Waals surface area contributed by atoms with E-state index in [0.29, 0.717) is 4.90 Å². The molecule has 1 aliphatic carbocycles. The number of aromatic nitrogens is 2. The number of nitrogens with one attached hydrogen (secondary N) is 2. The maximum atomic E-state index is 15.2. The van der Waals surface area contributed by atoms with Crippen molar-refractivity contribution in [2.75, 3.05) is 24.0 Å². The Morgan fingerprint density at radius 2 is 1.93 bits per heavy atom. The number of anilines is 2. The summed E-state index contributed by atoms with van der Waals surface area (Å²) in [6, 6.07) is 5.08. The van der Waals surface area contributed by atoms with E-state index in [0.717, 1.165) is 30.6 Å². The Balaban J connectivity index is 0.00000192. The smallest absolute Gasteiger partial charge is 0.416 e. The molecule has 1 aliphatic rings. The maximum absolute atomic E-state index is 15.2. The number of likely N-dealkylation sites (N-methyl/N-ethyl adjacent to an activating group) is 1. The maximum Gasteiger partial charge on any atom is 0.416 e. The lowest BCUT2D eigenvalue weighted by Gasteiger charge is -2.41. The molecule has 3 N–H and O–H groups in total. The van der Waals surface area contributed by atoms with Crippen molar-refractivity contribution in [2.45, 2.75) is 48.3 Å². The van der Waals surface area contributed by atoms with Crippen LogP contribution in [0.2, 0.25) is 5.02 Å². The van der Waals surface area contributed by atoms with Gasteiger partial charge in [-0.15, -0.1) is 0 Å². The number of halogens is 5. The Hall–Kier alpha value is -3.49. The summed E-state index contributed by atoms with van der Waals surface area (Å²) in [5, 5.41) is 9.48. The number of rotatable bonds is 7. The van der Waals surface area contributed by atoms with Gasteiger partial charge in [0.1, 0.15) is 22.9 Å². The van der Waals surface area contributed by atoms with Crippen LogP contribution in [0.1, 0.15) is 44.5 Å². The standard InChI is InChI=1S/C25H26ClF4N5O2S.CH2O2/c1-35(2)22-11-16(15-4-3-5-17(10-15)25(28,29)30)6-7-20(22)33-21-13-19(27)23(12-18(21)26)38(36,37)34-24-8-9-31-14-32-24;2-1-3/h3-5,8-10,12-14,16,20,22,33H,6-7,11H2,1-2H3,(H,31,32,34);1H,(H,2,3)/t16-,20-,22-;/m0./s1/i1D3,2D3;. The minimum atomic E-state index is -4.62. The quantitative estimate of drug-likeness (QED) is 0.234. The van der Waals surface area contributed by atoms with Gasteiger partial charge in [-0.2, -0.15) is 13.2 Å². The summed E-state index contributed by atoms with van der Waals surface area (Å²) >= 11 is 6.33. The molecule has 0 unspecified atom stereocenters. The highest BCUT2D eigenvalue weighted by molar-refractivity contribution is 7.92. The van der Waals surface area contributed by atoms with Crippen molar-refractivity contribution in [1.29, 1.82) is 0 Å².